The number of carbonyl (C=O) groups excluding carboxylic acids is 1. The van der Waals surface area contributed by atoms with Gasteiger partial charge in [-0.3, -0.25) is 4.79 Å². The van der Waals surface area contributed by atoms with Gasteiger partial charge in [0, 0.05) is 16.8 Å². The molecular weight excluding hydrogens is 273 g/mol. The summed E-state index contributed by atoms with van der Waals surface area (Å²) in [5.74, 6) is 0.0594. The van der Waals surface area contributed by atoms with Crippen LogP contribution in [-0.2, 0) is 0 Å². The first-order valence-electron chi connectivity index (χ1n) is 5.13. The highest BCUT2D eigenvalue weighted by molar-refractivity contribution is 6.32. The fraction of sp³-hybridized carbons (Fsp3) is 0.0833. The third-order valence-electron chi connectivity index (χ3n) is 2.38. The summed E-state index contributed by atoms with van der Waals surface area (Å²) in [6, 6.07) is 6.70. The Morgan fingerprint density at radius 2 is 2.06 bits per heavy atom. The smallest absolute Gasteiger partial charge is 0.257 e. The van der Waals surface area contributed by atoms with Gasteiger partial charge in [-0.05, 0) is 42.3 Å². The van der Waals surface area contributed by atoms with Crippen molar-refractivity contribution < 1.29 is 4.79 Å². The van der Waals surface area contributed by atoms with Crippen LogP contribution in [0.15, 0.2) is 30.5 Å². The molecule has 0 aliphatic rings. The zero-order valence-corrected chi connectivity index (χ0v) is 11.0. The van der Waals surface area contributed by atoms with E-state index in [9.17, 15) is 4.79 Å². The fourth-order valence-corrected chi connectivity index (χ4v) is 1.76. The molecule has 0 aliphatic heterocycles. The highest BCUT2D eigenvalue weighted by atomic mass is 35.5. The lowest BCUT2D eigenvalue weighted by Crippen LogP contribution is -2.14. The van der Waals surface area contributed by atoms with Crippen molar-refractivity contribution in [1.82, 2.24) is 9.97 Å². The molecule has 1 heterocycles. The van der Waals surface area contributed by atoms with E-state index in [1.165, 1.54) is 6.20 Å². The second-order valence-electron chi connectivity index (χ2n) is 3.58. The molecule has 0 aliphatic carbocycles. The van der Waals surface area contributed by atoms with Crippen molar-refractivity contribution in [3.05, 3.63) is 51.9 Å². The van der Waals surface area contributed by atoms with E-state index in [4.69, 9.17) is 23.2 Å². The number of halogens is 2. The molecule has 0 spiro atoms. The van der Waals surface area contributed by atoms with Crippen molar-refractivity contribution in [2.45, 2.75) is 6.92 Å². The maximum Gasteiger partial charge on any atom is 0.257 e. The molecule has 18 heavy (non-hydrogen) atoms. The topological polar surface area (TPSA) is 54.9 Å². The molecular formula is C12H9Cl2N3O. The van der Waals surface area contributed by atoms with Crippen molar-refractivity contribution in [1.29, 1.82) is 0 Å². The summed E-state index contributed by atoms with van der Waals surface area (Å²) in [6.07, 6.45) is 1.47. The summed E-state index contributed by atoms with van der Waals surface area (Å²) >= 11 is 11.6. The van der Waals surface area contributed by atoms with Gasteiger partial charge in [-0.25, -0.2) is 9.97 Å². The third-order valence-corrected chi connectivity index (χ3v) is 2.97. The van der Waals surface area contributed by atoms with Gasteiger partial charge in [0.05, 0.1) is 0 Å². The van der Waals surface area contributed by atoms with Crippen LogP contribution in [0.1, 0.15) is 15.9 Å². The number of amides is 1. The molecule has 0 radical (unpaired) electrons. The van der Waals surface area contributed by atoms with Crippen molar-refractivity contribution in [2.75, 3.05) is 5.32 Å². The first-order valence-corrected chi connectivity index (χ1v) is 5.88. The number of nitrogens with one attached hydrogen (secondary N) is 1. The number of rotatable bonds is 2. The Balaban J connectivity index is 2.25. The Bertz CT molecular complexity index is 602. The van der Waals surface area contributed by atoms with Crippen LogP contribution in [0.3, 0.4) is 0 Å². The number of carbonyl (C=O) groups is 1. The van der Waals surface area contributed by atoms with Crippen LogP contribution in [-0.4, -0.2) is 15.9 Å². The van der Waals surface area contributed by atoms with Crippen molar-refractivity contribution >= 4 is 34.9 Å². The average Bonchev–Trinajstić information content (AvgIpc) is 2.32. The Labute approximate surface area is 114 Å². The maximum absolute atomic E-state index is 12.0. The van der Waals surface area contributed by atoms with E-state index in [-0.39, 0.29) is 11.2 Å². The van der Waals surface area contributed by atoms with Crippen LogP contribution in [0, 0.1) is 6.92 Å². The number of aromatic nitrogens is 2. The van der Waals surface area contributed by atoms with Gasteiger partial charge in [0.2, 0.25) is 5.28 Å². The number of hydrogen-bond acceptors (Lipinski definition) is 3. The van der Waals surface area contributed by atoms with Gasteiger partial charge in [0.1, 0.15) is 5.82 Å². The molecule has 6 heteroatoms. The van der Waals surface area contributed by atoms with Crippen molar-refractivity contribution in [3.8, 4) is 0 Å². The van der Waals surface area contributed by atoms with E-state index in [0.717, 1.165) is 5.56 Å². The predicted molar refractivity (Wildman–Crippen MR) is 71.2 cm³/mol. The molecule has 0 bridgehead atoms. The monoisotopic (exact) mass is 281 g/mol. The van der Waals surface area contributed by atoms with Crippen LogP contribution >= 0.6 is 23.2 Å². The quantitative estimate of drug-likeness (QED) is 0.859. The average molecular weight is 282 g/mol. The lowest BCUT2D eigenvalue weighted by Gasteiger charge is -2.07. The number of hydrogen-bond donors (Lipinski definition) is 1. The molecule has 4 nitrogen and oxygen atoms in total. The lowest BCUT2D eigenvalue weighted by atomic mass is 10.1. The molecule has 1 aromatic carbocycles. The molecule has 2 rings (SSSR count). The zero-order valence-electron chi connectivity index (χ0n) is 9.45. The minimum atomic E-state index is -0.287. The molecule has 0 saturated heterocycles. The molecule has 1 amide bonds. The van der Waals surface area contributed by atoms with E-state index >= 15 is 0 Å². The Morgan fingerprint density at radius 3 is 2.78 bits per heavy atom. The summed E-state index contributed by atoms with van der Waals surface area (Å²) in [5, 5.41) is 3.26. The number of nitrogens with zero attached hydrogens (tertiary/aromatic N) is 2. The SMILES string of the molecule is Cc1c(Cl)cccc1C(=O)Nc1ccnc(Cl)n1. The fourth-order valence-electron chi connectivity index (χ4n) is 1.44. The minimum Gasteiger partial charge on any atom is -0.306 e. The van der Waals surface area contributed by atoms with Crippen molar-refractivity contribution in [3.63, 3.8) is 0 Å². The maximum atomic E-state index is 12.0. The second kappa shape index (κ2) is 5.33. The molecule has 0 saturated carbocycles. The van der Waals surface area contributed by atoms with Gasteiger partial charge in [-0.1, -0.05) is 17.7 Å². The van der Waals surface area contributed by atoms with Crippen molar-refractivity contribution in [2.24, 2.45) is 0 Å². The number of benzene rings is 1. The van der Waals surface area contributed by atoms with E-state index in [1.54, 1.807) is 31.2 Å². The Kier molecular flexibility index (Phi) is 3.79. The molecule has 2 aromatic rings. The second-order valence-corrected chi connectivity index (χ2v) is 4.32. The summed E-state index contributed by atoms with van der Waals surface area (Å²) in [5.41, 5.74) is 1.22. The molecule has 1 aromatic heterocycles. The van der Waals surface area contributed by atoms with Gasteiger partial charge in [0.25, 0.3) is 5.91 Å². The Hall–Kier alpha value is -1.65. The number of anilines is 1. The largest absolute Gasteiger partial charge is 0.306 e. The molecule has 1 N–H and O–H groups in total. The Morgan fingerprint density at radius 1 is 1.28 bits per heavy atom. The molecule has 0 atom stereocenters. The predicted octanol–water partition coefficient (Wildman–Crippen LogP) is 3.34. The summed E-state index contributed by atoms with van der Waals surface area (Å²) in [4.78, 5) is 19.6. The lowest BCUT2D eigenvalue weighted by molar-refractivity contribution is 0.102. The highest BCUT2D eigenvalue weighted by Crippen LogP contribution is 2.19. The summed E-state index contributed by atoms with van der Waals surface area (Å²) in [7, 11) is 0. The van der Waals surface area contributed by atoms with E-state index in [0.29, 0.717) is 16.4 Å². The van der Waals surface area contributed by atoms with Gasteiger partial charge >= 0.3 is 0 Å². The van der Waals surface area contributed by atoms with E-state index in [1.807, 2.05) is 0 Å². The van der Waals surface area contributed by atoms with E-state index < -0.39 is 0 Å². The van der Waals surface area contributed by atoms with Gasteiger partial charge in [-0.15, -0.1) is 0 Å². The highest BCUT2D eigenvalue weighted by Gasteiger charge is 2.11. The van der Waals surface area contributed by atoms with E-state index in [2.05, 4.69) is 15.3 Å². The van der Waals surface area contributed by atoms with Crippen LogP contribution in [0.2, 0.25) is 10.3 Å². The minimum absolute atomic E-state index is 0.0793. The van der Waals surface area contributed by atoms with Gasteiger partial charge in [-0.2, -0.15) is 0 Å². The van der Waals surface area contributed by atoms with Crippen LogP contribution in [0.4, 0.5) is 5.82 Å². The normalized spacial score (nSPS) is 10.2. The molecule has 0 unspecified atom stereocenters. The molecule has 92 valence electrons. The van der Waals surface area contributed by atoms with Crippen LogP contribution < -0.4 is 5.32 Å². The summed E-state index contributed by atoms with van der Waals surface area (Å²) < 4.78 is 0. The van der Waals surface area contributed by atoms with Gasteiger partial charge < -0.3 is 5.32 Å². The third kappa shape index (κ3) is 2.78. The first kappa shape index (κ1) is 12.8. The summed E-state index contributed by atoms with van der Waals surface area (Å²) in [6.45, 7) is 1.78. The zero-order chi connectivity index (χ0) is 13.1. The van der Waals surface area contributed by atoms with Crippen LogP contribution in [0.25, 0.3) is 0 Å². The van der Waals surface area contributed by atoms with Crippen LogP contribution in [0.5, 0.6) is 0 Å². The molecule has 0 fully saturated rings. The first-order chi connectivity index (χ1) is 8.58. The van der Waals surface area contributed by atoms with Gasteiger partial charge in [0.15, 0.2) is 0 Å². The standard InChI is InChI=1S/C12H9Cl2N3O/c1-7-8(3-2-4-9(7)13)11(18)16-10-5-6-15-12(14)17-10/h2-6H,1H3,(H,15,16,17,18).